The number of hydrogen-bond acceptors (Lipinski definition) is 3. The van der Waals surface area contributed by atoms with Crippen molar-refractivity contribution in [3.63, 3.8) is 0 Å². The molecule has 0 aliphatic heterocycles. The molecule has 2 unspecified atom stereocenters. The third-order valence-electron chi connectivity index (χ3n) is 4.87. The van der Waals surface area contributed by atoms with Crippen molar-refractivity contribution in [1.29, 1.82) is 0 Å². The summed E-state index contributed by atoms with van der Waals surface area (Å²) in [6, 6.07) is 23.7. The summed E-state index contributed by atoms with van der Waals surface area (Å²) in [5, 5.41) is 11.7. The normalized spacial score (nSPS) is 14.4. The van der Waals surface area contributed by atoms with Crippen molar-refractivity contribution in [1.82, 2.24) is 0 Å². The first-order chi connectivity index (χ1) is 13.9. The summed E-state index contributed by atoms with van der Waals surface area (Å²) in [5.41, 5.74) is 1.17. The Kier molecular flexibility index (Phi) is 7.54. The lowest BCUT2D eigenvalue weighted by Crippen LogP contribution is -2.19. The van der Waals surface area contributed by atoms with Crippen LogP contribution >= 0.6 is 19.1 Å². The Morgan fingerprint density at radius 2 is 1.66 bits per heavy atom. The molecule has 3 rings (SSSR count). The molecule has 0 saturated heterocycles. The topological polar surface area (TPSA) is 74.6 Å². The fourth-order valence-corrected chi connectivity index (χ4v) is 6.55. The van der Waals surface area contributed by atoms with Crippen LogP contribution in [0, 0.1) is 5.92 Å². The number of benzene rings is 3. The zero-order valence-electron chi connectivity index (χ0n) is 16.1. The van der Waals surface area contributed by atoms with E-state index in [9.17, 15) is 19.4 Å². The zero-order valence-corrected chi connectivity index (χ0v) is 17.8. The second kappa shape index (κ2) is 10.1. The fourth-order valence-electron chi connectivity index (χ4n) is 3.32. The highest BCUT2D eigenvalue weighted by Gasteiger charge is 2.28. The molecule has 0 fully saturated rings. The lowest BCUT2D eigenvalue weighted by Gasteiger charge is -2.17. The predicted molar refractivity (Wildman–Crippen MR) is 120 cm³/mol. The number of fused-ring (bicyclic) bond motifs is 1. The summed E-state index contributed by atoms with van der Waals surface area (Å²) in [6.45, 7) is 0. The van der Waals surface area contributed by atoms with Crippen LogP contribution < -0.4 is 0 Å². The third kappa shape index (κ3) is 6.74. The van der Waals surface area contributed by atoms with Gasteiger partial charge < -0.3 is 10.00 Å². The van der Waals surface area contributed by atoms with E-state index in [1.165, 1.54) is 11.8 Å². The molecule has 0 aliphatic rings. The van der Waals surface area contributed by atoms with Gasteiger partial charge in [-0.1, -0.05) is 60.7 Å². The highest BCUT2D eigenvalue weighted by atomic mass is 32.2. The van der Waals surface area contributed by atoms with Gasteiger partial charge in [0, 0.05) is 11.1 Å². The van der Waals surface area contributed by atoms with E-state index in [2.05, 4.69) is 0 Å². The number of rotatable bonds is 10. The molecule has 29 heavy (non-hydrogen) atoms. The van der Waals surface area contributed by atoms with Crippen molar-refractivity contribution in [2.24, 2.45) is 5.92 Å². The molecule has 0 spiro atoms. The van der Waals surface area contributed by atoms with E-state index in [4.69, 9.17) is 0 Å². The van der Waals surface area contributed by atoms with Gasteiger partial charge in [0.05, 0.1) is 11.4 Å². The predicted octanol–water partition coefficient (Wildman–Crippen LogP) is 5.88. The molecular formula is C23H25O4PS. The van der Waals surface area contributed by atoms with Gasteiger partial charge >= 0.3 is 5.97 Å². The standard InChI is InChI=1S/C23H25O4PS/c24-23(25)21(12-6-9-18-7-2-1-3-8-18)16-28(26,27)17-29-22-14-13-19-10-4-5-11-20(19)15-22/h1-5,7-8,10-11,13-15,21H,6,9,12,16-17H2,(H,24,25)(H,26,27). The quantitative estimate of drug-likeness (QED) is 0.311. The summed E-state index contributed by atoms with van der Waals surface area (Å²) in [7, 11) is -3.56. The maximum atomic E-state index is 12.7. The SMILES string of the molecule is O=C(O)C(CCCc1ccccc1)CP(=O)(O)CSc1ccc2ccccc2c1. The Balaban J connectivity index is 1.54. The van der Waals surface area contributed by atoms with Gasteiger partial charge in [-0.2, -0.15) is 0 Å². The molecule has 3 aromatic carbocycles. The molecule has 2 N–H and O–H groups in total. The Labute approximate surface area is 175 Å². The van der Waals surface area contributed by atoms with Gasteiger partial charge in [0.1, 0.15) is 0 Å². The van der Waals surface area contributed by atoms with Crippen LogP contribution in [0.25, 0.3) is 10.8 Å². The van der Waals surface area contributed by atoms with E-state index >= 15 is 0 Å². The molecule has 0 heterocycles. The minimum atomic E-state index is -3.56. The van der Waals surface area contributed by atoms with Crippen LogP contribution in [0.15, 0.2) is 77.7 Å². The largest absolute Gasteiger partial charge is 0.481 e. The maximum Gasteiger partial charge on any atom is 0.307 e. The molecule has 2 atom stereocenters. The molecule has 0 radical (unpaired) electrons. The van der Waals surface area contributed by atoms with Crippen molar-refractivity contribution >= 4 is 35.9 Å². The van der Waals surface area contributed by atoms with E-state index in [0.717, 1.165) is 27.7 Å². The number of carboxylic acid groups (broad SMARTS) is 1. The van der Waals surface area contributed by atoms with Crippen molar-refractivity contribution in [3.8, 4) is 0 Å². The van der Waals surface area contributed by atoms with Gasteiger partial charge in [-0.25, -0.2) is 0 Å². The van der Waals surface area contributed by atoms with Crippen molar-refractivity contribution < 1.29 is 19.4 Å². The molecule has 0 bridgehead atoms. The van der Waals surface area contributed by atoms with Crippen LogP contribution in [-0.2, 0) is 15.8 Å². The van der Waals surface area contributed by atoms with Crippen LogP contribution in [0.1, 0.15) is 18.4 Å². The highest BCUT2D eigenvalue weighted by molar-refractivity contribution is 8.05. The Morgan fingerprint density at radius 1 is 0.966 bits per heavy atom. The number of aliphatic carboxylic acids is 1. The highest BCUT2D eigenvalue weighted by Crippen LogP contribution is 2.48. The number of thioether (sulfide) groups is 1. The van der Waals surface area contributed by atoms with Gasteiger partial charge in [0.25, 0.3) is 0 Å². The molecule has 0 aliphatic carbocycles. The van der Waals surface area contributed by atoms with Crippen molar-refractivity contribution in [2.45, 2.75) is 24.2 Å². The Hall–Kier alpha value is -2.07. The lowest BCUT2D eigenvalue weighted by molar-refractivity contribution is -0.141. The van der Waals surface area contributed by atoms with E-state index in [-0.39, 0.29) is 11.7 Å². The molecule has 3 aromatic rings. The zero-order chi connectivity index (χ0) is 20.7. The summed E-state index contributed by atoms with van der Waals surface area (Å²) < 4.78 is 12.7. The third-order valence-corrected chi connectivity index (χ3v) is 8.60. The molecule has 0 amide bonds. The average molecular weight is 428 g/mol. The van der Waals surface area contributed by atoms with Gasteiger partial charge in [0.2, 0.25) is 7.37 Å². The molecule has 0 saturated carbocycles. The number of carboxylic acids is 1. The van der Waals surface area contributed by atoms with Crippen LogP contribution in [-0.4, -0.2) is 27.6 Å². The summed E-state index contributed by atoms with van der Waals surface area (Å²) >= 11 is 1.31. The van der Waals surface area contributed by atoms with Gasteiger partial charge in [-0.15, -0.1) is 11.8 Å². The molecule has 6 heteroatoms. The first-order valence-electron chi connectivity index (χ1n) is 9.62. The number of hydrogen-bond donors (Lipinski definition) is 2. The molecule has 152 valence electrons. The number of carbonyl (C=O) groups is 1. The lowest BCUT2D eigenvalue weighted by atomic mass is 10.0. The van der Waals surface area contributed by atoms with Gasteiger partial charge in [-0.05, 0) is 47.7 Å². The van der Waals surface area contributed by atoms with Crippen molar-refractivity contribution in [3.05, 3.63) is 78.4 Å². The first-order valence-corrected chi connectivity index (χ1v) is 12.6. The summed E-state index contributed by atoms with van der Waals surface area (Å²) in [4.78, 5) is 22.9. The van der Waals surface area contributed by atoms with Crippen LogP contribution in [0.4, 0.5) is 0 Å². The van der Waals surface area contributed by atoms with E-state index < -0.39 is 19.3 Å². The van der Waals surface area contributed by atoms with Crippen LogP contribution in [0.3, 0.4) is 0 Å². The minimum absolute atomic E-state index is 0.0216. The Morgan fingerprint density at radius 3 is 2.38 bits per heavy atom. The second-order valence-corrected chi connectivity index (χ2v) is 11.1. The number of aryl methyl sites for hydroxylation is 1. The molecule has 4 nitrogen and oxygen atoms in total. The van der Waals surface area contributed by atoms with Gasteiger partial charge in [0.15, 0.2) is 0 Å². The second-order valence-electron chi connectivity index (χ2n) is 7.22. The minimum Gasteiger partial charge on any atom is -0.481 e. The fraction of sp³-hybridized carbons (Fsp3) is 0.261. The van der Waals surface area contributed by atoms with E-state index in [1.54, 1.807) is 0 Å². The summed E-state index contributed by atoms with van der Waals surface area (Å²) in [6.07, 6.45) is 1.66. The molecule has 0 aromatic heterocycles. The Bertz CT molecular complexity index is 1010. The maximum absolute atomic E-state index is 12.7. The monoisotopic (exact) mass is 428 g/mol. The van der Waals surface area contributed by atoms with Crippen molar-refractivity contribution in [2.75, 3.05) is 11.7 Å². The molecular weight excluding hydrogens is 403 g/mol. The van der Waals surface area contributed by atoms with E-state index in [1.807, 2.05) is 72.8 Å². The van der Waals surface area contributed by atoms with Gasteiger partial charge in [-0.3, -0.25) is 9.36 Å². The first kappa shape index (κ1) is 21.6. The van der Waals surface area contributed by atoms with Crippen LogP contribution in [0.2, 0.25) is 0 Å². The average Bonchev–Trinajstić information content (AvgIpc) is 2.72. The summed E-state index contributed by atoms with van der Waals surface area (Å²) in [5.74, 6) is -1.80. The van der Waals surface area contributed by atoms with Crippen LogP contribution in [0.5, 0.6) is 0 Å². The smallest absolute Gasteiger partial charge is 0.307 e. The van der Waals surface area contributed by atoms with E-state index in [0.29, 0.717) is 12.8 Å².